The third kappa shape index (κ3) is 6.30. The molecule has 0 bridgehead atoms. The van der Waals surface area contributed by atoms with Gasteiger partial charge in [-0.1, -0.05) is 6.07 Å². The molecule has 0 aliphatic rings. The number of sulfonamides is 1. The van der Waals surface area contributed by atoms with E-state index in [1.807, 2.05) is 0 Å². The highest BCUT2D eigenvalue weighted by Crippen LogP contribution is 2.44. The van der Waals surface area contributed by atoms with Gasteiger partial charge >= 0.3 is 0 Å². The number of anilines is 1. The molecule has 0 aliphatic carbocycles. The lowest BCUT2D eigenvalue weighted by atomic mass is 9.96. The lowest BCUT2D eigenvalue weighted by Gasteiger charge is -2.27. The van der Waals surface area contributed by atoms with Crippen molar-refractivity contribution in [1.82, 2.24) is 10.3 Å². The fraction of sp³-hybridized carbons (Fsp3) is 0.176. The van der Waals surface area contributed by atoms with Crippen LogP contribution in [-0.2, 0) is 10.0 Å². The molecule has 6 aromatic rings. The quantitative estimate of drug-likeness (QED) is 0.170. The molecular weight excluding hydrogens is 665 g/mol. The summed E-state index contributed by atoms with van der Waals surface area (Å²) in [5.41, 5.74) is 6.72. The third-order valence-corrected chi connectivity index (χ3v) is 8.99. The Bertz CT molecular complexity index is 2340. The molecule has 6 rings (SSSR count). The molecular formula is C34H29F3N4O7S. The van der Waals surface area contributed by atoms with Crippen LogP contribution >= 0.6 is 0 Å². The first-order valence-corrected chi connectivity index (χ1v) is 16.6. The Morgan fingerprint density at radius 3 is 2.35 bits per heavy atom. The number of oxazole rings is 1. The molecule has 4 aromatic carbocycles. The number of nitrogens with zero attached hydrogens (tertiary/aromatic N) is 2. The van der Waals surface area contributed by atoms with Gasteiger partial charge in [0.1, 0.15) is 34.2 Å². The monoisotopic (exact) mass is 694 g/mol. The van der Waals surface area contributed by atoms with E-state index in [0.717, 1.165) is 16.6 Å². The SMILES string of the molecule is CNC(=O)c1c(-c2ccc(F)cc2)oc2cc(N(CC(O)CN)S(C)(=O)=O)c(-c3ccc(OC)c(-c4nc5c(F)cc(F)cc5o4)c3)cc12. The van der Waals surface area contributed by atoms with Gasteiger partial charge in [-0.15, -0.1) is 0 Å². The van der Waals surface area contributed by atoms with Crippen molar-refractivity contribution in [2.45, 2.75) is 6.10 Å². The smallest absolute Gasteiger partial charge is 0.255 e. The summed E-state index contributed by atoms with van der Waals surface area (Å²) in [6.45, 7) is -0.678. The number of carbonyl (C=O) groups excluding carboxylic acids is 1. The Hall–Kier alpha value is -5.38. The van der Waals surface area contributed by atoms with Gasteiger partial charge in [0, 0.05) is 48.3 Å². The van der Waals surface area contributed by atoms with Gasteiger partial charge in [0.2, 0.25) is 15.9 Å². The number of aliphatic hydroxyl groups is 1. The largest absolute Gasteiger partial charge is 0.496 e. The molecule has 0 aliphatic heterocycles. The topological polar surface area (TPSA) is 161 Å². The summed E-state index contributed by atoms with van der Waals surface area (Å²) >= 11 is 0. The Balaban J connectivity index is 1.66. The summed E-state index contributed by atoms with van der Waals surface area (Å²) in [6, 6.07) is 14.6. The summed E-state index contributed by atoms with van der Waals surface area (Å²) < 4.78 is 87.2. The summed E-state index contributed by atoms with van der Waals surface area (Å²) in [7, 11) is -1.27. The van der Waals surface area contributed by atoms with E-state index in [1.165, 1.54) is 44.5 Å². The molecule has 0 spiro atoms. The number of amides is 1. The van der Waals surface area contributed by atoms with E-state index in [1.54, 1.807) is 24.3 Å². The summed E-state index contributed by atoms with van der Waals surface area (Å²) in [6.07, 6.45) is -0.301. The van der Waals surface area contributed by atoms with Crippen LogP contribution in [0.5, 0.6) is 5.75 Å². The number of fused-ring (bicyclic) bond motifs is 2. The second-order valence-electron chi connectivity index (χ2n) is 11.1. The van der Waals surface area contributed by atoms with E-state index < -0.39 is 46.0 Å². The second-order valence-corrected chi connectivity index (χ2v) is 13.0. The van der Waals surface area contributed by atoms with E-state index in [-0.39, 0.29) is 68.4 Å². The van der Waals surface area contributed by atoms with E-state index in [0.29, 0.717) is 17.2 Å². The number of aliphatic hydroxyl groups excluding tert-OH is 1. The number of carbonyl (C=O) groups is 1. The number of benzene rings is 4. The number of aromatic nitrogens is 1. The average Bonchev–Trinajstić information content (AvgIpc) is 3.67. The normalized spacial score (nSPS) is 12.4. The van der Waals surface area contributed by atoms with Crippen molar-refractivity contribution in [3.63, 3.8) is 0 Å². The number of halogens is 3. The van der Waals surface area contributed by atoms with Gasteiger partial charge in [-0.25, -0.2) is 26.6 Å². The third-order valence-electron chi connectivity index (χ3n) is 7.84. The van der Waals surface area contributed by atoms with E-state index in [4.69, 9.17) is 19.3 Å². The van der Waals surface area contributed by atoms with Crippen molar-refractivity contribution >= 4 is 43.7 Å². The molecule has 0 saturated heterocycles. The van der Waals surface area contributed by atoms with Crippen LogP contribution in [0.3, 0.4) is 0 Å². The van der Waals surface area contributed by atoms with E-state index in [2.05, 4.69) is 10.3 Å². The lowest BCUT2D eigenvalue weighted by molar-refractivity contribution is 0.0964. The maximum absolute atomic E-state index is 14.6. The number of furan rings is 1. The molecule has 2 aromatic heterocycles. The van der Waals surface area contributed by atoms with Crippen LogP contribution in [0.15, 0.2) is 75.6 Å². The van der Waals surface area contributed by atoms with Crippen LogP contribution in [0.2, 0.25) is 0 Å². The maximum atomic E-state index is 14.6. The number of hydrogen-bond donors (Lipinski definition) is 3. The zero-order valence-electron chi connectivity index (χ0n) is 26.3. The van der Waals surface area contributed by atoms with Crippen LogP contribution in [0.4, 0.5) is 18.9 Å². The van der Waals surface area contributed by atoms with Gasteiger partial charge in [0.25, 0.3) is 5.91 Å². The van der Waals surface area contributed by atoms with Crippen molar-refractivity contribution < 1.29 is 45.1 Å². The molecule has 0 radical (unpaired) electrons. The maximum Gasteiger partial charge on any atom is 0.255 e. The zero-order valence-corrected chi connectivity index (χ0v) is 27.1. The molecule has 1 amide bonds. The van der Waals surface area contributed by atoms with Crippen molar-refractivity contribution in [3.05, 3.63) is 89.7 Å². The summed E-state index contributed by atoms with van der Waals surface area (Å²) in [5.74, 6) is -2.62. The first kappa shape index (κ1) is 33.5. The minimum atomic E-state index is -4.08. The molecule has 1 unspecified atom stereocenters. The Kier molecular flexibility index (Phi) is 8.83. The van der Waals surface area contributed by atoms with Crippen LogP contribution < -0.4 is 20.1 Å². The number of methoxy groups -OCH3 is 1. The zero-order chi connectivity index (χ0) is 35.2. The lowest BCUT2D eigenvalue weighted by Crippen LogP contribution is -2.40. The predicted molar refractivity (Wildman–Crippen MR) is 177 cm³/mol. The number of nitrogens with one attached hydrogen (secondary N) is 1. The number of rotatable bonds is 10. The highest BCUT2D eigenvalue weighted by molar-refractivity contribution is 7.92. The van der Waals surface area contributed by atoms with Crippen molar-refractivity contribution in [2.24, 2.45) is 5.73 Å². The van der Waals surface area contributed by atoms with Gasteiger partial charge in [-0.3, -0.25) is 9.10 Å². The molecule has 254 valence electrons. The van der Waals surface area contributed by atoms with Crippen molar-refractivity contribution in [1.29, 1.82) is 0 Å². The molecule has 0 saturated carbocycles. The van der Waals surface area contributed by atoms with Gasteiger partial charge in [-0.2, -0.15) is 0 Å². The minimum Gasteiger partial charge on any atom is -0.496 e. The Morgan fingerprint density at radius 1 is 0.980 bits per heavy atom. The Labute approximate surface area is 277 Å². The highest BCUT2D eigenvalue weighted by Gasteiger charge is 2.29. The second kappa shape index (κ2) is 12.9. The Morgan fingerprint density at radius 2 is 1.69 bits per heavy atom. The number of ether oxygens (including phenoxy) is 1. The van der Waals surface area contributed by atoms with Gasteiger partial charge in [-0.05, 0) is 48.0 Å². The van der Waals surface area contributed by atoms with Crippen LogP contribution in [0, 0.1) is 17.5 Å². The average molecular weight is 695 g/mol. The first-order valence-electron chi connectivity index (χ1n) is 14.7. The van der Waals surface area contributed by atoms with Crippen LogP contribution in [-0.4, -0.2) is 64.0 Å². The van der Waals surface area contributed by atoms with E-state index >= 15 is 0 Å². The first-order chi connectivity index (χ1) is 23.3. The fourth-order valence-corrected chi connectivity index (χ4v) is 6.47. The summed E-state index contributed by atoms with van der Waals surface area (Å²) in [4.78, 5) is 17.5. The molecule has 15 heteroatoms. The molecule has 0 fully saturated rings. The molecule has 49 heavy (non-hydrogen) atoms. The standard InChI is InChI=1S/C34H29F3N4O7S/c1-39-33(43)30-23-13-22(18-6-9-27(46-2)24(10-18)34-40-31-25(37)11-20(36)12-29(31)48-34)26(41(49(3,44)45)16-21(42)15-38)14-28(23)47-32(30)17-4-7-19(35)8-5-17/h4-14,21,42H,15-16,38H2,1-3H3,(H,39,43). The molecule has 4 N–H and O–H groups in total. The minimum absolute atomic E-state index is 0.0483. The predicted octanol–water partition coefficient (Wildman–Crippen LogP) is 5.45. The van der Waals surface area contributed by atoms with Crippen LogP contribution in [0.1, 0.15) is 10.4 Å². The highest BCUT2D eigenvalue weighted by atomic mass is 32.2. The van der Waals surface area contributed by atoms with E-state index in [9.17, 15) is 31.5 Å². The molecule has 11 nitrogen and oxygen atoms in total. The van der Waals surface area contributed by atoms with Crippen molar-refractivity contribution in [3.8, 4) is 39.7 Å². The number of hydrogen-bond acceptors (Lipinski definition) is 9. The van der Waals surface area contributed by atoms with Gasteiger partial charge in [0.05, 0.1) is 42.8 Å². The van der Waals surface area contributed by atoms with Gasteiger partial charge < -0.3 is 29.7 Å². The molecule has 2 heterocycles. The molecule has 1 atom stereocenters. The summed E-state index contributed by atoms with van der Waals surface area (Å²) in [5, 5.41) is 13.4. The van der Waals surface area contributed by atoms with Gasteiger partial charge in [0.15, 0.2) is 11.4 Å². The van der Waals surface area contributed by atoms with Crippen molar-refractivity contribution in [2.75, 3.05) is 37.8 Å². The fourth-order valence-electron chi connectivity index (χ4n) is 5.52. The number of nitrogens with two attached hydrogens (primary N) is 1. The van der Waals surface area contributed by atoms with Crippen LogP contribution in [0.25, 0.3) is 56.0 Å².